The third-order valence-corrected chi connectivity index (χ3v) is 5.47. The van der Waals surface area contributed by atoms with E-state index in [9.17, 15) is 22.8 Å². The van der Waals surface area contributed by atoms with Crippen LogP contribution in [-0.4, -0.2) is 34.3 Å². The van der Waals surface area contributed by atoms with E-state index >= 15 is 0 Å². The number of primary amides is 2. The van der Waals surface area contributed by atoms with Crippen LogP contribution in [0.25, 0.3) is 11.1 Å². The van der Waals surface area contributed by atoms with Gasteiger partial charge in [-0.15, -0.1) is 13.2 Å². The van der Waals surface area contributed by atoms with Gasteiger partial charge in [-0.3, -0.25) is 4.79 Å². The molecule has 0 aliphatic carbocycles. The Morgan fingerprint density at radius 3 is 2.32 bits per heavy atom. The van der Waals surface area contributed by atoms with E-state index in [0.717, 1.165) is 12.1 Å². The van der Waals surface area contributed by atoms with Crippen molar-refractivity contribution in [2.24, 2.45) is 16.9 Å². The summed E-state index contributed by atoms with van der Waals surface area (Å²) >= 11 is 6.61. The Hall–Kier alpha value is -2.88. The number of urea groups is 1. The van der Waals surface area contributed by atoms with Crippen molar-refractivity contribution in [3.8, 4) is 16.9 Å². The minimum absolute atomic E-state index is 0.0278. The Kier molecular flexibility index (Phi) is 5.64. The highest BCUT2D eigenvalue weighted by Crippen LogP contribution is 2.48. The summed E-state index contributed by atoms with van der Waals surface area (Å²) in [4.78, 5) is 26.1. The van der Waals surface area contributed by atoms with Crippen LogP contribution in [0, 0.1) is 5.41 Å². The SMILES string of the molecule is CC(C)(C)C1c2c(C(N)=O)c(-c3cccc(OC(F)(F)F)c3)c(Cl)n2CCN1C(N)=O. The van der Waals surface area contributed by atoms with Crippen molar-refractivity contribution in [2.45, 2.75) is 39.7 Å². The van der Waals surface area contributed by atoms with Gasteiger partial charge in [0.05, 0.1) is 17.3 Å². The fourth-order valence-electron chi connectivity index (χ4n) is 4.07. The molecule has 7 nitrogen and oxygen atoms in total. The van der Waals surface area contributed by atoms with Crippen LogP contribution in [0.3, 0.4) is 0 Å². The van der Waals surface area contributed by atoms with Gasteiger partial charge in [-0.05, 0) is 23.1 Å². The molecule has 0 bridgehead atoms. The van der Waals surface area contributed by atoms with Crippen molar-refractivity contribution in [3.63, 3.8) is 0 Å². The van der Waals surface area contributed by atoms with Crippen LogP contribution in [-0.2, 0) is 6.54 Å². The lowest BCUT2D eigenvalue weighted by Crippen LogP contribution is -2.49. The van der Waals surface area contributed by atoms with Crippen molar-refractivity contribution < 1.29 is 27.5 Å². The number of nitrogens with zero attached hydrogens (tertiary/aromatic N) is 2. The first kappa shape index (κ1) is 22.8. The van der Waals surface area contributed by atoms with Gasteiger partial charge in [-0.2, -0.15) is 0 Å². The van der Waals surface area contributed by atoms with E-state index in [1.807, 2.05) is 20.8 Å². The van der Waals surface area contributed by atoms with E-state index in [4.69, 9.17) is 23.1 Å². The maximum absolute atomic E-state index is 12.7. The summed E-state index contributed by atoms with van der Waals surface area (Å²) in [5.41, 5.74) is 11.5. The summed E-state index contributed by atoms with van der Waals surface area (Å²) in [5.74, 6) is -1.29. The maximum atomic E-state index is 12.7. The van der Waals surface area contributed by atoms with Gasteiger partial charge in [0.2, 0.25) is 0 Å². The van der Waals surface area contributed by atoms with E-state index in [1.54, 1.807) is 4.57 Å². The predicted octanol–water partition coefficient (Wildman–Crippen LogP) is 4.29. The maximum Gasteiger partial charge on any atom is 0.573 e. The molecular weight excluding hydrogens is 437 g/mol. The molecule has 4 N–H and O–H groups in total. The number of aromatic nitrogens is 1. The first-order valence-corrected chi connectivity index (χ1v) is 9.74. The zero-order valence-corrected chi connectivity index (χ0v) is 17.8. The number of ether oxygens (including phenoxy) is 1. The predicted molar refractivity (Wildman–Crippen MR) is 109 cm³/mol. The lowest BCUT2D eigenvalue weighted by Gasteiger charge is -2.43. The molecule has 11 heteroatoms. The standard InChI is InChI=1S/C20H22ClF3N4O3/c1-19(2,3)15-14-13(17(25)29)12(16(21)27(14)7-8-28(15)18(26)30)10-5-4-6-11(9-10)31-20(22,23)24/h4-6,9,15H,7-8H2,1-3H3,(H2,25,29)(H2,26,30). The van der Waals surface area contributed by atoms with Crippen molar-refractivity contribution >= 4 is 23.5 Å². The van der Waals surface area contributed by atoms with Gasteiger partial charge in [0.1, 0.15) is 10.9 Å². The second kappa shape index (κ2) is 7.67. The molecule has 2 heterocycles. The van der Waals surface area contributed by atoms with Gasteiger partial charge < -0.3 is 25.7 Å². The Bertz CT molecular complexity index is 1040. The van der Waals surface area contributed by atoms with Crippen molar-refractivity contribution in [1.82, 2.24) is 9.47 Å². The molecule has 3 amide bonds. The number of halogens is 4. The summed E-state index contributed by atoms with van der Waals surface area (Å²) in [6.45, 7) is 6.08. The largest absolute Gasteiger partial charge is 0.573 e. The summed E-state index contributed by atoms with van der Waals surface area (Å²) < 4.78 is 43.7. The van der Waals surface area contributed by atoms with Gasteiger partial charge >= 0.3 is 12.4 Å². The molecule has 1 aliphatic rings. The van der Waals surface area contributed by atoms with E-state index in [-0.39, 0.29) is 34.9 Å². The van der Waals surface area contributed by atoms with Gasteiger partial charge in [0.15, 0.2) is 0 Å². The molecule has 1 aromatic heterocycles. The van der Waals surface area contributed by atoms with Gasteiger partial charge in [-0.1, -0.05) is 44.5 Å². The third-order valence-electron chi connectivity index (χ3n) is 5.08. The van der Waals surface area contributed by atoms with Crippen LogP contribution in [0.5, 0.6) is 5.75 Å². The number of rotatable bonds is 3. The van der Waals surface area contributed by atoms with Crippen LogP contribution in [0.4, 0.5) is 18.0 Å². The molecule has 3 rings (SSSR count). The number of carbonyl (C=O) groups excluding carboxylic acids is 2. The highest BCUT2D eigenvalue weighted by Gasteiger charge is 2.43. The van der Waals surface area contributed by atoms with Crippen LogP contribution in [0.15, 0.2) is 24.3 Å². The number of alkyl halides is 3. The molecule has 0 fully saturated rings. The number of amides is 3. The first-order chi connectivity index (χ1) is 14.2. The molecule has 168 valence electrons. The Labute approximate surface area is 181 Å². The second-order valence-corrected chi connectivity index (χ2v) is 8.68. The van der Waals surface area contributed by atoms with E-state index in [0.29, 0.717) is 5.69 Å². The van der Waals surface area contributed by atoms with Crippen molar-refractivity contribution in [1.29, 1.82) is 0 Å². The topological polar surface area (TPSA) is 104 Å². The summed E-state index contributed by atoms with van der Waals surface area (Å²) in [6.07, 6.45) is -4.88. The number of fused-ring (bicyclic) bond motifs is 1. The first-order valence-electron chi connectivity index (χ1n) is 9.36. The molecule has 31 heavy (non-hydrogen) atoms. The number of hydrogen-bond acceptors (Lipinski definition) is 3. The van der Waals surface area contributed by atoms with Crippen molar-refractivity contribution in [2.75, 3.05) is 6.54 Å². The lowest BCUT2D eigenvalue weighted by molar-refractivity contribution is -0.274. The average molecular weight is 459 g/mol. The molecule has 0 saturated carbocycles. The minimum Gasteiger partial charge on any atom is -0.406 e. The molecule has 1 unspecified atom stereocenters. The van der Waals surface area contributed by atoms with Crippen LogP contribution >= 0.6 is 11.6 Å². The van der Waals surface area contributed by atoms with E-state index in [2.05, 4.69) is 4.74 Å². The van der Waals surface area contributed by atoms with Crippen molar-refractivity contribution in [3.05, 3.63) is 40.7 Å². The second-order valence-electron chi connectivity index (χ2n) is 8.32. The van der Waals surface area contributed by atoms with Gasteiger partial charge in [0.25, 0.3) is 5.91 Å². The van der Waals surface area contributed by atoms with E-state index < -0.39 is 35.5 Å². The molecule has 0 spiro atoms. The minimum atomic E-state index is -4.88. The molecule has 2 aromatic rings. The number of carbonyl (C=O) groups is 2. The Morgan fingerprint density at radius 1 is 1.16 bits per heavy atom. The average Bonchev–Trinajstić information content (AvgIpc) is 2.91. The highest BCUT2D eigenvalue weighted by molar-refractivity contribution is 6.33. The highest BCUT2D eigenvalue weighted by atomic mass is 35.5. The smallest absolute Gasteiger partial charge is 0.406 e. The van der Waals surface area contributed by atoms with Gasteiger partial charge in [0, 0.05) is 18.7 Å². The van der Waals surface area contributed by atoms with Crippen LogP contribution in [0.2, 0.25) is 5.15 Å². The molecule has 1 aromatic carbocycles. The summed E-state index contributed by atoms with van der Waals surface area (Å²) in [5, 5.41) is 0.131. The fourth-order valence-corrected chi connectivity index (χ4v) is 4.45. The van der Waals surface area contributed by atoms with Crippen LogP contribution < -0.4 is 16.2 Å². The van der Waals surface area contributed by atoms with Gasteiger partial charge in [-0.25, -0.2) is 4.79 Å². The number of nitrogens with two attached hydrogens (primary N) is 2. The Balaban J connectivity index is 2.28. The quantitative estimate of drug-likeness (QED) is 0.717. The van der Waals surface area contributed by atoms with E-state index in [1.165, 1.54) is 17.0 Å². The molecule has 1 aliphatic heterocycles. The zero-order valence-electron chi connectivity index (χ0n) is 17.1. The molecular formula is C20H22ClF3N4O3. The molecule has 1 atom stereocenters. The Morgan fingerprint density at radius 2 is 1.81 bits per heavy atom. The number of hydrogen-bond donors (Lipinski definition) is 2. The zero-order chi connectivity index (χ0) is 23.3. The number of benzene rings is 1. The lowest BCUT2D eigenvalue weighted by atomic mass is 9.81. The third kappa shape index (κ3) is 4.30. The molecule has 0 saturated heterocycles. The van der Waals surface area contributed by atoms with Crippen LogP contribution in [0.1, 0.15) is 42.9 Å². The molecule has 0 radical (unpaired) electrons. The summed E-state index contributed by atoms with van der Waals surface area (Å²) in [6, 6.07) is 3.82. The fraction of sp³-hybridized carbons (Fsp3) is 0.400. The monoisotopic (exact) mass is 458 g/mol. The normalized spacial score (nSPS) is 16.7. The summed E-state index contributed by atoms with van der Waals surface area (Å²) in [7, 11) is 0.